The number of carbonyl (C=O) groups excluding carboxylic acids is 2. The first kappa shape index (κ1) is 27.2. The van der Waals surface area contributed by atoms with E-state index in [-0.39, 0.29) is 34.2 Å². The van der Waals surface area contributed by atoms with Crippen LogP contribution < -0.4 is 9.64 Å². The molecule has 1 amide bonds. The van der Waals surface area contributed by atoms with Crippen LogP contribution >= 0.6 is 11.6 Å². The molecule has 3 aromatic rings. The molecule has 1 aliphatic heterocycles. The van der Waals surface area contributed by atoms with Crippen LogP contribution in [0.15, 0.2) is 66.2 Å². The topological polar surface area (TPSA) is 70.1 Å². The van der Waals surface area contributed by atoms with E-state index in [4.69, 9.17) is 16.3 Å². The summed E-state index contributed by atoms with van der Waals surface area (Å²) < 4.78 is 19.0. The molecule has 8 heteroatoms. The molecule has 1 N–H and O–H groups in total. The Morgan fingerprint density at radius 3 is 2.26 bits per heavy atom. The number of aryl methyl sites for hydroxylation is 1. The second-order valence-electron chi connectivity index (χ2n) is 9.14. The molecular formula is C30H30ClFN2O4. The van der Waals surface area contributed by atoms with Gasteiger partial charge in [-0.3, -0.25) is 9.59 Å². The van der Waals surface area contributed by atoms with E-state index in [0.29, 0.717) is 11.1 Å². The standard InChI is InChI=1S/C30H30ClFN2O4/c1-5-33(6-2)22-13-9-20(10-14-22)26-25(27(35)23-15-18(3)16-24(31)29(23)38-4)28(36)30(37)34(26)17-19-7-11-21(32)12-8-19/h7-16,26,35H,5-6,17H2,1-4H3/b27-25+. The van der Waals surface area contributed by atoms with Crippen LogP contribution in [-0.4, -0.2) is 41.9 Å². The summed E-state index contributed by atoms with van der Waals surface area (Å²) >= 11 is 6.37. The number of carbonyl (C=O) groups is 2. The number of aliphatic hydroxyl groups excluding tert-OH is 1. The number of likely N-dealkylation sites (tertiary alicyclic amines) is 1. The number of methoxy groups -OCH3 is 1. The molecule has 0 saturated carbocycles. The zero-order valence-electron chi connectivity index (χ0n) is 21.8. The molecule has 6 nitrogen and oxygen atoms in total. The number of rotatable bonds is 8. The van der Waals surface area contributed by atoms with Gasteiger partial charge in [-0.25, -0.2) is 4.39 Å². The minimum absolute atomic E-state index is 0.0514. The molecule has 1 heterocycles. The van der Waals surface area contributed by atoms with E-state index < -0.39 is 23.5 Å². The number of amides is 1. The maximum atomic E-state index is 13.5. The Labute approximate surface area is 226 Å². The van der Waals surface area contributed by atoms with Crippen LogP contribution in [0, 0.1) is 12.7 Å². The highest BCUT2D eigenvalue weighted by Gasteiger charge is 2.46. The van der Waals surface area contributed by atoms with E-state index in [9.17, 15) is 19.1 Å². The molecule has 38 heavy (non-hydrogen) atoms. The van der Waals surface area contributed by atoms with Crippen LogP contribution in [0.3, 0.4) is 0 Å². The molecule has 4 rings (SSSR count). The molecule has 0 bridgehead atoms. The fraction of sp³-hybridized carbons (Fsp3) is 0.267. The molecule has 0 radical (unpaired) electrons. The lowest BCUT2D eigenvalue weighted by Gasteiger charge is -2.27. The third-order valence-corrected chi connectivity index (χ3v) is 7.07. The summed E-state index contributed by atoms with van der Waals surface area (Å²) in [5, 5.41) is 11.8. The summed E-state index contributed by atoms with van der Waals surface area (Å²) in [6.07, 6.45) is 0. The number of aliphatic hydroxyl groups is 1. The van der Waals surface area contributed by atoms with Gasteiger partial charge in [0.15, 0.2) is 0 Å². The molecule has 1 fully saturated rings. The number of ether oxygens (including phenoxy) is 1. The van der Waals surface area contributed by atoms with Gasteiger partial charge in [0, 0.05) is 25.3 Å². The number of ketones is 1. The van der Waals surface area contributed by atoms with Gasteiger partial charge >= 0.3 is 0 Å². The second-order valence-corrected chi connectivity index (χ2v) is 9.55. The Kier molecular flexibility index (Phi) is 8.07. The number of Topliss-reactive ketones (excluding diaryl/α,β-unsaturated/α-hetero) is 1. The predicted molar refractivity (Wildman–Crippen MR) is 147 cm³/mol. The van der Waals surface area contributed by atoms with Gasteiger partial charge in [-0.15, -0.1) is 0 Å². The van der Waals surface area contributed by atoms with E-state index in [1.54, 1.807) is 31.2 Å². The van der Waals surface area contributed by atoms with Crippen molar-refractivity contribution in [2.75, 3.05) is 25.1 Å². The molecule has 0 aromatic heterocycles. The fourth-order valence-electron chi connectivity index (χ4n) is 4.89. The number of hydrogen-bond donors (Lipinski definition) is 1. The molecular weight excluding hydrogens is 507 g/mol. The van der Waals surface area contributed by atoms with Crippen molar-refractivity contribution in [3.05, 3.63) is 99.3 Å². The fourth-order valence-corrected chi connectivity index (χ4v) is 5.24. The van der Waals surface area contributed by atoms with Gasteiger partial charge in [-0.05, 0) is 73.9 Å². The lowest BCUT2D eigenvalue weighted by molar-refractivity contribution is -0.140. The molecule has 0 aliphatic carbocycles. The smallest absolute Gasteiger partial charge is 0.295 e. The van der Waals surface area contributed by atoms with Crippen molar-refractivity contribution in [1.29, 1.82) is 0 Å². The van der Waals surface area contributed by atoms with Crippen molar-refractivity contribution in [3.8, 4) is 5.75 Å². The van der Waals surface area contributed by atoms with Gasteiger partial charge in [-0.1, -0.05) is 35.9 Å². The monoisotopic (exact) mass is 536 g/mol. The van der Waals surface area contributed by atoms with Crippen molar-refractivity contribution < 1.29 is 23.8 Å². The summed E-state index contributed by atoms with van der Waals surface area (Å²) in [5.74, 6) is -2.14. The minimum atomic E-state index is -0.880. The highest BCUT2D eigenvalue weighted by Crippen LogP contribution is 2.43. The Balaban J connectivity index is 1.90. The first-order valence-electron chi connectivity index (χ1n) is 12.4. The van der Waals surface area contributed by atoms with Crippen molar-refractivity contribution in [2.45, 2.75) is 33.4 Å². The van der Waals surface area contributed by atoms with Gasteiger partial charge in [0.2, 0.25) is 0 Å². The average molecular weight is 537 g/mol. The minimum Gasteiger partial charge on any atom is -0.507 e. The van der Waals surface area contributed by atoms with Crippen LogP contribution in [0.4, 0.5) is 10.1 Å². The molecule has 1 unspecified atom stereocenters. The molecule has 1 saturated heterocycles. The summed E-state index contributed by atoms with van der Waals surface area (Å²) in [4.78, 5) is 30.4. The van der Waals surface area contributed by atoms with Crippen molar-refractivity contribution >= 4 is 34.7 Å². The van der Waals surface area contributed by atoms with E-state index in [2.05, 4.69) is 18.7 Å². The van der Waals surface area contributed by atoms with Crippen molar-refractivity contribution in [1.82, 2.24) is 4.90 Å². The molecule has 3 aromatic carbocycles. The largest absolute Gasteiger partial charge is 0.507 e. The van der Waals surface area contributed by atoms with Crippen molar-refractivity contribution in [2.24, 2.45) is 0 Å². The zero-order chi connectivity index (χ0) is 27.6. The first-order chi connectivity index (χ1) is 18.2. The normalized spacial score (nSPS) is 16.7. The summed E-state index contributed by atoms with van der Waals surface area (Å²) in [7, 11) is 1.42. The van der Waals surface area contributed by atoms with E-state index in [1.807, 2.05) is 24.3 Å². The molecule has 198 valence electrons. The number of benzene rings is 3. The van der Waals surface area contributed by atoms with Crippen LogP contribution in [0.25, 0.3) is 5.76 Å². The van der Waals surface area contributed by atoms with Gasteiger partial charge in [-0.2, -0.15) is 0 Å². The molecule has 1 atom stereocenters. The quantitative estimate of drug-likeness (QED) is 0.209. The third-order valence-electron chi connectivity index (χ3n) is 6.79. The predicted octanol–water partition coefficient (Wildman–Crippen LogP) is 6.26. The van der Waals surface area contributed by atoms with Gasteiger partial charge in [0.1, 0.15) is 17.3 Å². The first-order valence-corrected chi connectivity index (χ1v) is 12.8. The van der Waals surface area contributed by atoms with Crippen LogP contribution in [0.2, 0.25) is 5.02 Å². The summed E-state index contributed by atoms with van der Waals surface area (Å²) in [6.45, 7) is 7.64. The third kappa shape index (κ3) is 5.11. The lowest BCUT2D eigenvalue weighted by Crippen LogP contribution is -2.29. The number of anilines is 1. The maximum Gasteiger partial charge on any atom is 0.295 e. The van der Waals surface area contributed by atoms with Crippen LogP contribution in [0.1, 0.15) is 42.1 Å². The summed E-state index contributed by atoms with van der Waals surface area (Å²) in [6, 6.07) is 15.8. The Hall–Kier alpha value is -3.84. The highest BCUT2D eigenvalue weighted by atomic mass is 35.5. The SMILES string of the molecule is CCN(CC)c1ccc(C2/C(=C(\O)c3cc(C)cc(Cl)c3OC)C(=O)C(=O)N2Cc2ccc(F)cc2)cc1. The van der Waals surface area contributed by atoms with Gasteiger partial charge < -0.3 is 19.6 Å². The molecule has 1 aliphatic rings. The number of halogens is 2. The van der Waals surface area contributed by atoms with Gasteiger partial charge in [0.05, 0.1) is 29.3 Å². The van der Waals surface area contributed by atoms with E-state index in [1.165, 1.54) is 24.1 Å². The molecule has 0 spiro atoms. The Morgan fingerprint density at radius 1 is 1.05 bits per heavy atom. The van der Waals surface area contributed by atoms with E-state index in [0.717, 1.165) is 24.3 Å². The number of hydrogen-bond acceptors (Lipinski definition) is 5. The maximum absolute atomic E-state index is 13.5. The second kappa shape index (κ2) is 11.3. The van der Waals surface area contributed by atoms with Gasteiger partial charge in [0.25, 0.3) is 11.7 Å². The zero-order valence-corrected chi connectivity index (χ0v) is 22.6. The lowest BCUT2D eigenvalue weighted by atomic mass is 9.94. The van der Waals surface area contributed by atoms with Crippen molar-refractivity contribution in [3.63, 3.8) is 0 Å². The Morgan fingerprint density at radius 2 is 1.68 bits per heavy atom. The number of nitrogens with zero attached hydrogens (tertiary/aromatic N) is 2. The summed E-state index contributed by atoms with van der Waals surface area (Å²) in [5.41, 5.74) is 3.21. The Bertz CT molecular complexity index is 1380. The average Bonchev–Trinajstić information content (AvgIpc) is 3.15. The van der Waals surface area contributed by atoms with E-state index >= 15 is 0 Å². The van der Waals surface area contributed by atoms with Crippen LogP contribution in [0.5, 0.6) is 5.75 Å². The van der Waals surface area contributed by atoms with Crippen LogP contribution in [-0.2, 0) is 16.1 Å². The highest BCUT2D eigenvalue weighted by molar-refractivity contribution is 6.46.